The molecule has 0 spiro atoms. The molecule has 0 radical (unpaired) electrons. The fraction of sp³-hybridized carbons (Fsp3) is 0.556. The van der Waals surface area contributed by atoms with Crippen LogP contribution in [-0.4, -0.2) is 34.3 Å². The molecule has 4 N–H and O–H groups in total. The van der Waals surface area contributed by atoms with Gasteiger partial charge in [0, 0.05) is 19.1 Å². The predicted octanol–water partition coefficient (Wildman–Crippen LogP) is 0.584. The number of nitrogens with one attached hydrogen (secondary N) is 1. The molecule has 6 heteroatoms. The first kappa shape index (κ1) is 9.97. The van der Waals surface area contributed by atoms with Crippen LogP contribution in [0.1, 0.15) is 35.1 Å². The lowest BCUT2D eigenvalue weighted by molar-refractivity contribution is 0.0691. The summed E-state index contributed by atoms with van der Waals surface area (Å²) in [6.45, 7) is 1.38. The lowest BCUT2D eigenvalue weighted by atomic mass is 10.00. The predicted molar refractivity (Wildman–Crippen MR) is 52.8 cm³/mol. The molecule has 1 aliphatic rings. The quantitative estimate of drug-likeness (QED) is 0.664. The van der Waals surface area contributed by atoms with Crippen LogP contribution in [0.2, 0.25) is 0 Å². The van der Waals surface area contributed by atoms with Gasteiger partial charge in [0.25, 0.3) is 0 Å². The minimum absolute atomic E-state index is 0.0171. The second-order valence-corrected chi connectivity index (χ2v) is 3.57. The first-order valence-corrected chi connectivity index (χ1v) is 4.85. The molecule has 0 atom stereocenters. The second kappa shape index (κ2) is 3.90. The number of imidazole rings is 1. The minimum atomic E-state index is -1.07. The van der Waals surface area contributed by atoms with Gasteiger partial charge in [0.05, 0.1) is 0 Å². The molecule has 0 unspecified atom stereocenters. The Bertz CT molecular complexity index is 369. The summed E-state index contributed by atoms with van der Waals surface area (Å²) in [4.78, 5) is 17.5. The van der Waals surface area contributed by atoms with Crippen molar-refractivity contribution in [2.45, 2.75) is 18.8 Å². The first-order chi connectivity index (χ1) is 7.18. The summed E-state index contributed by atoms with van der Waals surface area (Å²) in [5, 5.41) is 8.80. The molecule has 1 aliphatic heterocycles. The number of hydrogen-bond donors (Lipinski definition) is 3. The Hall–Kier alpha value is -1.56. The van der Waals surface area contributed by atoms with Crippen LogP contribution in [0.4, 0.5) is 5.82 Å². The average molecular weight is 211 g/mol. The van der Waals surface area contributed by atoms with E-state index in [9.17, 15) is 4.79 Å². The van der Waals surface area contributed by atoms with E-state index in [-0.39, 0.29) is 17.4 Å². The van der Waals surface area contributed by atoms with Crippen LogP contribution in [0.15, 0.2) is 0 Å². The summed E-state index contributed by atoms with van der Waals surface area (Å²) >= 11 is 0. The number of carboxylic acids is 1. The van der Waals surface area contributed by atoms with Gasteiger partial charge >= 0.3 is 5.97 Å². The van der Waals surface area contributed by atoms with E-state index < -0.39 is 5.97 Å². The highest BCUT2D eigenvalue weighted by atomic mass is 16.5. The number of nitrogens with zero attached hydrogens (tertiary/aromatic N) is 1. The van der Waals surface area contributed by atoms with Crippen LogP contribution in [-0.2, 0) is 4.74 Å². The van der Waals surface area contributed by atoms with Gasteiger partial charge in [-0.25, -0.2) is 9.78 Å². The summed E-state index contributed by atoms with van der Waals surface area (Å²) in [5.41, 5.74) is 5.48. The zero-order chi connectivity index (χ0) is 10.8. The summed E-state index contributed by atoms with van der Waals surface area (Å²) in [5.74, 6) is -0.121. The van der Waals surface area contributed by atoms with Crippen molar-refractivity contribution in [3.8, 4) is 0 Å². The number of aromatic nitrogens is 2. The Balaban J connectivity index is 2.21. The molecule has 6 nitrogen and oxygen atoms in total. The normalized spacial score (nSPS) is 17.9. The number of aromatic amines is 1. The fourth-order valence-electron chi connectivity index (χ4n) is 1.73. The maximum atomic E-state index is 10.7. The van der Waals surface area contributed by atoms with Gasteiger partial charge in [0.15, 0.2) is 11.5 Å². The van der Waals surface area contributed by atoms with Gasteiger partial charge in [0.1, 0.15) is 5.82 Å². The third-order valence-corrected chi connectivity index (χ3v) is 2.57. The number of rotatable bonds is 2. The van der Waals surface area contributed by atoms with Gasteiger partial charge in [-0.05, 0) is 12.8 Å². The highest BCUT2D eigenvalue weighted by Crippen LogP contribution is 2.26. The number of carbonyl (C=O) groups is 1. The molecule has 1 fully saturated rings. The minimum Gasteiger partial charge on any atom is -0.476 e. The van der Waals surface area contributed by atoms with Crippen molar-refractivity contribution < 1.29 is 14.6 Å². The van der Waals surface area contributed by atoms with Crippen molar-refractivity contribution >= 4 is 11.8 Å². The Labute approximate surface area is 86.5 Å². The molecule has 0 bridgehead atoms. The molecule has 82 valence electrons. The summed E-state index contributed by atoms with van der Waals surface area (Å²) in [6.07, 6.45) is 1.71. The van der Waals surface area contributed by atoms with Gasteiger partial charge in [-0.1, -0.05) is 0 Å². The second-order valence-electron chi connectivity index (χ2n) is 3.57. The molecule has 0 aliphatic carbocycles. The summed E-state index contributed by atoms with van der Waals surface area (Å²) < 4.78 is 5.22. The number of carboxylic acid groups (broad SMARTS) is 1. The van der Waals surface area contributed by atoms with Crippen molar-refractivity contribution in [1.29, 1.82) is 0 Å². The van der Waals surface area contributed by atoms with E-state index in [2.05, 4.69) is 9.97 Å². The Morgan fingerprint density at radius 3 is 2.73 bits per heavy atom. The van der Waals surface area contributed by atoms with Crippen molar-refractivity contribution in [2.24, 2.45) is 0 Å². The molecule has 1 aromatic heterocycles. The third kappa shape index (κ3) is 1.94. The molecule has 1 saturated heterocycles. The van der Waals surface area contributed by atoms with E-state index in [1.165, 1.54) is 0 Å². The van der Waals surface area contributed by atoms with E-state index in [1.54, 1.807) is 0 Å². The van der Waals surface area contributed by atoms with Crippen LogP contribution in [0.5, 0.6) is 0 Å². The maximum absolute atomic E-state index is 10.7. The molecule has 2 rings (SSSR count). The van der Waals surface area contributed by atoms with Crippen molar-refractivity contribution in [3.05, 3.63) is 11.5 Å². The van der Waals surface area contributed by atoms with E-state index in [0.29, 0.717) is 19.0 Å². The summed E-state index contributed by atoms with van der Waals surface area (Å²) in [7, 11) is 0. The van der Waals surface area contributed by atoms with E-state index in [4.69, 9.17) is 15.6 Å². The van der Waals surface area contributed by atoms with Crippen LogP contribution < -0.4 is 5.73 Å². The number of nitrogen functional groups attached to an aromatic ring is 1. The molecule has 0 saturated carbocycles. The SMILES string of the molecule is Nc1nc(C2CCOCC2)[nH]c1C(=O)O. The van der Waals surface area contributed by atoms with Gasteiger partial charge in [-0.15, -0.1) is 0 Å². The summed E-state index contributed by atoms with van der Waals surface area (Å²) in [6, 6.07) is 0. The van der Waals surface area contributed by atoms with E-state index in [1.807, 2.05) is 0 Å². The standard InChI is InChI=1S/C9H13N3O3/c10-7-6(9(13)14)11-8(12-7)5-1-3-15-4-2-5/h5H,1-4,10H2,(H,11,12)(H,13,14). The highest BCUT2D eigenvalue weighted by molar-refractivity contribution is 5.90. The molecular formula is C9H13N3O3. The lowest BCUT2D eigenvalue weighted by Crippen LogP contribution is -2.15. The highest BCUT2D eigenvalue weighted by Gasteiger charge is 2.22. The Morgan fingerprint density at radius 2 is 2.20 bits per heavy atom. The smallest absolute Gasteiger partial charge is 0.356 e. The van der Waals surface area contributed by atoms with E-state index >= 15 is 0 Å². The lowest BCUT2D eigenvalue weighted by Gasteiger charge is -2.19. The zero-order valence-electron chi connectivity index (χ0n) is 8.19. The molecule has 15 heavy (non-hydrogen) atoms. The fourth-order valence-corrected chi connectivity index (χ4v) is 1.73. The van der Waals surface area contributed by atoms with E-state index in [0.717, 1.165) is 12.8 Å². The largest absolute Gasteiger partial charge is 0.476 e. The van der Waals surface area contributed by atoms with Crippen molar-refractivity contribution in [3.63, 3.8) is 0 Å². The number of ether oxygens (including phenoxy) is 1. The molecule has 1 aromatic rings. The first-order valence-electron chi connectivity index (χ1n) is 4.85. The van der Waals surface area contributed by atoms with Crippen molar-refractivity contribution in [2.75, 3.05) is 18.9 Å². The van der Waals surface area contributed by atoms with Gasteiger partial charge < -0.3 is 20.6 Å². The van der Waals surface area contributed by atoms with Crippen LogP contribution in [0.25, 0.3) is 0 Å². The van der Waals surface area contributed by atoms with Gasteiger partial charge in [-0.3, -0.25) is 0 Å². The number of anilines is 1. The number of H-pyrrole nitrogens is 1. The average Bonchev–Trinajstić information content (AvgIpc) is 2.62. The zero-order valence-corrected chi connectivity index (χ0v) is 8.19. The third-order valence-electron chi connectivity index (χ3n) is 2.57. The number of aromatic carboxylic acids is 1. The van der Waals surface area contributed by atoms with Gasteiger partial charge in [0.2, 0.25) is 0 Å². The number of nitrogens with two attached hydrogens (primary N) is 1. The Morgan fingerprint density at radius 1 is 1.53 bits per heavy atom. The van der Waals surface area contributed by atoms with Crippen LogP contribution in [0.3, 0.4) is 0 Å². The molecule has 0 amide bonds. The van der Waals surface area contributed by atoms with Crippen LogP contribution in [0, 0.1) is 0 Å². The Kier molecular flexibility index (Phi) is 2.59. The molecule has 0 aromatic carbocycles. The van der Waals surface area contributed by atoms with Gasteiger partial charge in [-0.2, -0.15) is 0 Å². The topological polar surface area (TPSA) is 101 Å². The molecule has 2 heterocycles. The number of hydrogen-bond acceptors (Lipinski definition) is 4. The van der Waals surface area contributed by atoms with Crippen LogP contribution >= 0.6 is 0 Å². The monoisotopic (exact) mass is 211 g/mol. The molecular weight excluding hydrogens is 198 g/mol. The van der Waals surface area contributed by atoms with Crippen molar-refractivity contribution in [1.82, 2.24) is 9.97 Å². The maximum Gasteiger partial charge on any atom is 0.356 e.